The maximum Gasteiger partial charge on any atom is 0.334 e. The van der Waals surface area contributed by atoms with E-state index in [-0.39, 0.29) is 23.3 Å². The van der Waals surface area contributed by atoms with Gasteiger partial charge in [0.25, 0.3) is 0 Å². The molecular weight excluding hydrogens is 258 g/mol. The molecule has 4 fully saturated rings. The van der Waals surface area contributed by atoms with Crippen LogP contribution in [-0.2, 0) is 9.59 Å². The zero-order valence-electron chi connectivity index (χ0n) is 11.9. The van der Waals surface area contributed by atoms with E-state index in [9.17, 15) is 14.7 Å². The zero-order chi connectivity index (χ0) is 14.5. The Bertz CT molecular complexity index is 433. The Balaban J connectivity index is 1.70. The molecule has 4 rings (SSSR count). The molecule has 4 aliphatic carbocycles. The molecule has 0 aromatic carbocycles. The highest BCUT2D eigenvalue weighted by Gasteiger charge is 2.58. The SMILES string of the molecule is CC12CC3CC(C1)CC(C(=O)NC[C@H](O)C(=O)O)(C3)C2. The van der Waals surface area contributed by atoms with Crippen molar-refractivity contribution in [2.45, 2.75) is 51.6 Å². The largest absolute Gasteiger partial charge is 0.479 e. The molecule has 3 N–H and O–H groups in total. The van der Waals surface area contributed by atoms with Crippen LogP contribution in [0.1, 0.15) is 45.4 Å². The molecule has 4 saturated carbocycles. The lowest BCUT2D eigenvalue weighted by Gasteiger charge is -2.60. The van der Waals surface area contributed by atoms with E-state index in [2.05, 4.69) is 12.2 Å². The first-order chi connectivity index (χ1) is 9.32. The Labute approximate surface area is 118 Å². The molecule has 0 spiro atoms. The molecule has 5 heteroatoms. The fraction of sp³-hybridized carbons (Fsp3) is 0.867. The predicted octanol–water partition coefficient (Wildman–Crippen LogP) is 1.15. The van der Waals surface area contributed by atoms with Gasteiger partial charge in [-0.05, 0) is 55.8 Å². The summed E-state index contributed by atoms with van der Waals surface area (Å²) in [6.07, 6.45) is 5.00. The van der Waals surface area contributed by atoms with Gasteiger partial charge < -0.3 is 15.5 Å². The number of nitrogens with one attached hydrogen (secondary N) is 1. The van der Waals surface area contributed by atoms with Crippen LogP contribution in [0.15, 0.2) is 0 Å². The summed E-state index contributed by atoms with van der Waals surface area (Å²) in [6, 6.07) is 0. The first-order valence-corrected chi connectivity index (χ1v) is 7.51. The molecule has 4 aliphatic rings. The second-order valence-corrected chi connectivity index (χ2v) is 7.62. The van der Waals surface area contributed by atoms with Gasteiger partial charge in [0.2, 0.25) is 5.91 Å². The molecule has 20 heavy (non-hydrogen) atoms. The van der Waals surface area contributed by atoms with Gasteiger partial charge in [-0.3, -0.25) is 4.79 Å². The van der Waals surface area contributed by atoms with Crippen molar-refractivity contribution in [3.8, 4) is 0 Å². The number of amides is 1. The molecule has 4 bridgehead atoms. The van der Waals surface area contributed by atoms with Crippen LogP contribution in [0.3, 0.4) is 0 Å². The molecule has 0 saturated heterocycles. The number of carboxylic acids is 1. The molecule has 0 aromatic heterocycles. The van der Waals surface area contributed by atoms with E-state index in [1.165, 1.54) is 19.3 Å². The fourth-order valence-electron chi connectivity index (χ4n) is 5.45. The van der Waals surface area contributed by atoms with Crippen LogP contribution in [-0.4, -0.2) is 34.7 Å². The van der Waals surface area contributed by atoms with Gasteiger partial charge in [-0.1, -0.05) is 6.92 Å². The number of carboxylic acid groups (broad SMARTS) is 1. The smallest absolute Gasteiger partial charge is 0.334 e. The van der Waals surface area contributed by atoms with E-state index in [1.807, 2.05) is 0 Å². The van der Waals surface area contributed by atoms with E-state index in [4.69, 9.17) is 5.11 Å². The van der Waals surface area contributed by atoms with E-state index in [0.29, 0.717) is 11.8 Å². The molecule has 3 atom stereocenters. The summed E-state index contributed by atoms with van der Waals surface area (Å²) in [4.78, 5) is 23.2. The first kappa shape index (κ1) is 13.9. The van der Waals surface area contributed by atoms with E-state index < -0.39 is 12.1 Å². The molecule has 0 radical (unpaired) electrons. The third-order valence-electron chi connectivity index (χ3n) is 5.58. The molecule has 112 valence electrons. The third kappa shape index (κ3) is 2.22. The van der Waals surface area contributed by atoms with Crippen LogP contribution >= 0.6 is 0 Å². The lowest BCUT2D eigenvalue weighted by Crippen LogP contribution is -2.57. The number of hydrogen-bond donors (Lipinski definition) is 3. The average molecular weight is 281 g/mol. The summed E-state index contributed by atoms with van der Waals surface area (Å²) in [7, 11) is 0. The van der Waals surface area contributed by atoms with Gasteiger partial charge in [-0.15, -0.1) is 0 Å². The van der Waals surface area contributed by atoms with Crippen LogP contribution in [0.4, 0.5) is 0 Å². The molecule has 1 amide bonds. The van der Waals surface area contributed by atoms with Crippen LogP contribution in [0.5, 0.6) is 0 Å². The van der Waals surface area contributed by atoms with Gasteiger partial charge in [0.05, 0.1) is 12.0 Å². The summed E-state index contributed by atoms with van der Waals surface area (Å²) in [5.74, 6) is -0.0336. The monoisotopic (exact) mass is 281 g/mol. The molecule has 5 nitrogen and oxygen atoms in total. The van der Waals surface area contributed by atoms with Crippen molar-refractivity contribution in [3.63, 3.8) is 0 Å². The molecule has 2 unspecified atom stereocenters. The minimum absolute atomic E-state index is 0.0434. The number of aliphatic carboxylic acids is 1. The highest BCUT2D eigenvalue weighted by molar-refractivity contribution is 5.84. The lowest BCUT2D eigenvalue weighted by molar-refractivity contribution is -0.156. The third-order valence-corrected chi connectivity index (χ3v) is 5.58. The van der Waals surface area contributed by atoms with Crippen molar-refractivity contribution in [2.24, 2.45) is 22.7 Å². The summed E-state index contributed by atoms with van der Waals surface area (Å²) in [6.45, 7) is 2.10. The van der Waals surface area contributed by atoms with Gasteiger partial charge in [0, 0.05) is 0 Å². The zero-order valence-corrected chi connectivity index (χ0v) is 11.9. The molecule has 0 aromatic rings. The highest BCUT2D eigenvalue weighted by atomic mass is 16.4. The Hall–Kier alpha value is -1.10. The van der Waals surface area contributed by atoms with Crippen LogP contribution in [0.25, 0.3) is 0 Å². The van der Waals surface area contributed by atoms with Crippen LogP contribution in [0.2, 0.25) is 0 Å². The van der Waals surface area contributed by atoms with Crippen LogP contribution in [0, 0.1) is 22.7 Å². The normalized spacial score (nSPS) is 43.3. The van der Waals surface area contributed by atoms with E-state index in [0.717, 1.165) is 19.3 Å². The average Bonchev–Trinajstić information content (AvgIpc) is 2.32. The summed E-state index contributed by atoms with van der Waals surface area (Å²) < 4.78 is 0. The van der Waals surface area contributed by atoms with Gasteiger partial charge in [0.15, 0.2) is 6.10 Å². The Kier molecular flexibility index (Phi) is 3.08. The standard InChI is InChI=1S/C15H23NO4/c1-14-3-9-2-10(4-14)6-15(5-9,8-14)13(20)16-7-11(17)12(18)19/h9-11,17H,2-8H2,1H3,(H,16,20)(H,18,19)/t9?,10?,11-,14?,15?/m0/s1. The number of rotatable bonds is 4. The Morgan fingerprint density at radius 1 is 1.25 bits per heavy atom. The summed E-state index contributed by atoms with van der Waals surface area (Å²) >= 11 is 0. The van der Waals surface area contributed by atoms with E-state index in [1.54, 1.807) is 0 Å². The van der Waals surface area contributed by atoms with Gasteiger partial charge >= 0.3 is 5.97 Å². The van der Waals surface area contributed by atoms with Crippen molar-refractivity contribution in [2.75, 3.05) is 6.54 Å². The summed E-state index contributed by atoms with van der Waals surface area (Å²) in [5, 5.41) is 20.6. The minimum atomic E-state index is -1.51. The number of carbonyl (C=O) groups is 2. The summed E-state index contributed by atoms with van der Waals surface area (Å²) in [5.41, 5.74) is -0.0239. The van der Waals surface area contributed by atoms with Crippen molar-refractivity contribution in [1.82, 2.24) is 5.32 Å². The quantitative estimate of drug-likeness (QED) is 0.721. The maximum atomic E-state index is 12.6. The number of aliphatic hydroxyl groups is 1. The number of hydrogen-bond acceptors (Lipinski definition) is 3. The Morgan fingerprint density at radius 2 is 1.85 bits per heavy atom. The molecule has 0 aliphatic heterocycles. The van der Waals surface area contributed by atoms with Gasteiger partial charge in [0.1, 0.15) is 0 Å². The minimum Gasteiger partial charge on any atom is -0.479 e. The van der Waals surface area contributed by atoms with Gasteiger partial charge in [-0.25, -0.2) is 4.79 Å². The lowest BCUT2D eigenvalue weighted by atomic mass is 9.44. The number of aliphatic hydroxyl groups excluding tert-OH is 1. The van der Waals surface area contributed by atoms with Crippen molar-refractivity contribution >= 4 is 11.9 Å². The topological polar surface area (TPSA) is 86.6 Å². The van der Waals surface area contributed by atoms with Gasteiger partial charge in [-0.2, -0.15) is 0 Å². The Morgan fingerprint density at radius 3 is 2.35 bits per heavy atom. The van der Waals surface area contributed by atoms with Crippen molar-refractivity contribution in [3.05, 3.63) is 0 Å². The highest BCUT2D eigenvalue weighted by Crippen LogP contribution is 2.65. The van der Waals surface area contributed by atoms with Crippen molar-refractivity contribution in [1.29, 1.82) is 0 Å². The first-order valence-electron chi connectivity index (χ1n) is 7.51. The van der Waals surface area contributed by atoms with E-state index >= 15 is 0 Å². The van der Waals surface area contributed by atoms with Crippen LogP contribution < -0.4 is 5.32 Å². The number of carbonyl (C=O) groups excluding carboxylic acids is 1. The fourth-order valence-corrected chi connectivity index (χ4v) is 5.45. The predicted molar refractivity (Wildman–Crippen MR) is 71.9 cm³/mol. The maximum absolute atomic E-state index is 12.6. The molecular formula is C15H23NO4. The van der Waals surface area contributed by atoms with Crippen molar-refractivity contribution < 1.29 is 19.8 Å². The second-order valence-electron chi connectivity index (χ2n) is 7.62. The molecule has 0 heterocycles. The second kappa shape index (κ2) is 4.45.